The molecule has 8 heteroatoms. The molecule has 0 atom stereocenters. The summed E-state index contributed by atoms with van der Waals surface area (Å²) in [6, 6.07) is 0. The molecule has 0 fully saturated rings. The monoisotopic (exact) mass is 390 g/mol. The molecule has 0 aliphatic rings. The summed E-state index contributed by atoms with van der Waals surface area (Å²) < 4.78 is 4.33. The average molecular weight is 388 g/mol. The van der Waals surface area contributed by atoms with E-state index < -0.39 is 39.6 Å². The molecule has 0 aliphatic carbocycles. The summed E-state index contributed by atoms with van der Waals surface area (Å²) in [6.45, 7) is 1.96. The number of ether oxygens (including phenoxy) is 1. The Hall–Kier alpha value is -0.551. The Morgan fingerprint density at radius 3 is 1.67 bits per heavy atom. The van der Waals surface area contributed by atoms with Gasteiger partial charge in [-0.05, 0) is 0 Å². The summed E-state index contributed by atoms with van der Waals surface area (Å²) >= 11 is -1.19. The molecular formula is C10H18N2O4Se2. The van der Waals surface area contributed by atoms with Gasteiger partial charge in [0, 0.05) is 0 Å². The van der Waals surface area contributed by atoms with Gasteiger partial charge in [0.15, 0.2) is 0 Å². The number of hydrogen-bond acceptors (Lipinski definition) is 4. The van der Waals surface area contributed by atoms with Crippen LogP contribution in [0.1, 0.15) is 6.92 Å². The second-order valence-corrected chi connectivity index (χ2v) is 9.59. The molecule has 104 valence electrons. The molecule has 0 aromatic rings. The maximum atomic E-state index is 11.7. The van der Waals surface area contributed by atoms with E-state index in [1.807, 2.05) is 0 Å². The van der Waals surface area contributed by atoms with E-state index >= 15 is 0 Å². The number of esters is 1. The first-order chi connectivity index (χ1) is 8.29. The van der Waals surface area contributed by atoms with Crippen LogP contribution in [0.3, 0.4) is 0 Å². The van der Waals surface area contributed by atoms with Crippen LogP contribution in [-0.2, 0) is 9.53 Å². The van der Waals surface area contributed by atoms with Gasteiger partial charge in [0.05, 0.1) is 0 Å². The summed E-state index contributed by atoms with van der Waals surface area (Å²) in [6.07, 6.45) is 0. The summed E-state index contributed by atoms with van der Waals surface area (Å²) in [7, 11) is 6.53. The molecule has 0 unspecified atom stereocenters. The number of rotatable bonds is 6. The number of hydrogen-bond donors (Lipinski definition) is 0. The molecule has 0 N–H and O–H groups in total. The molecule has 6 nitrogen and oxygen atoms in total. The summed E-state index contributed by atoms with van der Waals surface area (Å²) in [5.41, 5.74) is 0. The van der Waals surface area contributed by atoms with Gasteiger partial charge >= 0.3 is 120 Å². The molecular weight excluding hydrogens is 370 g/mol. The van der Waals surface area contributed by atoms with Crippen LogP contribution < -0.4 is 0 Å². The first-order valence-electron chi connectivity index (χ1n) is 5.22. The summed E-state index contributed by atoms with van der Waals surface area (Å²) in [4.78, 5) is 37.6. The van der Waals surface area contributed by atoms with Crippen molar-refractivity contribution in [1.29, 1.82) is 0 Å². The van der Waals surface area contributed by atoms with Crippen molar-refractivity contribution in [2.45, 2.75) is 10.6 Å². The van der Waals surface area contributed by atoms with Gasteiger partial charge in [-0.1, -0.05) is 0 Å². The summed E-state index contributed by atoms with van der Waals surface area (Å²) in [5, 5.41) is 0. The molecule has 0 aromatic heterocycles. The Bertz CT molecular complexity index is 299. The standard InChI is InChI=1S/C10H18N2O4Se2/c1-6-16-7(13)8(17-9(14)11(2)3)18-10(15)12(4)5/h8H,6H2,1-5H3. The molecule has 0 aliphatic heterocycles. The Kier molecular flexibility index (Phi) is 8.27. The Balaban J connectivity index is 4.67. The van der Waals surface area contributed by atoms with Gasteiger partial charge in [-0.25, -0.2) is 0 Å². The van der Waals surface area contributed by atoms with Crippen LogP contribution in [0.5, 0.6) is 0 Å². The summed E-state index contributed by atoms with van der Waals surface area (Å²) in [5.74, 6) is -0.442. The SMILES string of the molecule is CCOC(=O)C([Se]C(=O)N(C)C)[Se]C(=O)N(C)C. The van der Waals surface area contributed by atoms with Gasteiger partial charge < -0.3 is 0 Å². The molecule has 0 saturated carbocycles. The van der Waals surface area contributed by atoms with E-state index in [0.717, 1.165) is 0 Å². The van der Waals surface area contributed by atoms with E-state index in [2.05, 4.69) is 0 Å². The first kappa shape index (κ1) is 17.4. The predicted molar refractivity (Wildman–Crippen MR) is 70.1 cm³/mol. The van der Waals surface area contributed by atoms with Gasteiger partial charge in [-0.2, -0.15) is 0 Å². The topological polar surface area (TPSA) is 66.9 Å². The third-order valence-corrected chi connectivity index (χ3v) is 7.81. The Morgan fingerprint density at radius 2 is 1.39 bits per heavy atom. The number of carbonyl (C=O) groups is 3. The quantitative estimate of drug-likeness (QED) is 0.477. The molecule has 0 rings (SSSR count). The van der Waals surface area contributed by atoms with Crippen molar-refractivity contribution in [2.75, 3.05) is 34.8 Å². The van der Waals surface area contributed by atoms with Crippen LogP contribution in [0.4, 0.5) is 9.59 Å². The van der Waals surface area contributed by atoms with Crippen LogP contribution in [-0.4, -0.2) is 90.1 Å². The van der Waals surface area contributed by atoms with E-state index in [4.69, 9.17) is 4.74 Å². The van der Waals surface area contributed by atoms with Crippen molar-refractivity contribution in [3.05, 3.63) is 0 Å². The predicted octanol–water partition coefficient (Wildman–Crippen LogP) is 0.0671. The minimum atomic E-state index is -0.596. The average Bonchev–Trinajstić information content (AvgIpc) is 2.27. The zero-order chi connectivity index (χ0) is 14.3. The fourth-order valence-electron chi connectivity index (χ4n) is 0.725. The molecule has 0 saturated heterocycles. The van der Waals surface area contributed by atoms with E-state index in [9.17, 15) is 14.4 Å². The Morgan fingerprint density at radius 1 is 1.00 bits per heavy atom. The van der Waals surface area contributed by atoms with Crippen molar-refractivity contribution in [2.24, 2.45) is 0 Å². The molecule has 0 radical (unpaired) electrons. The van der Waals surface area contributed by atoms with Crippen molar-refractivity contribution in [3.63, 3.8) is 0 Å². The molecule has 2 amide bonds. The van der Waals surface area contributed by atoms with E-state index in [1.54, 1.807) is 35.1 Å². The molecule has 18 heavy (non-hydrogen) atoms. The number of carbonyl (C=O) groups excluding carboxylic acids is 3. The third-order valence-electron chi connectivity index (χ3n) is 1.63. The molecule has 0 spiro atoms. The fraction of sp³-hybridized carbons (Fsp3) is 0.700. The molecule has 0 bridgehead atoms. The van der Waals surface area contributed by atoms with E-state index in [1.165, 1.54) is 9.80 Å². The normalized spacial score (nSPS) is 10.1. The van der Waals surface area contributed by atoms with Crippen molar-refractivity contribution >= 4 is 45.5 Å². The van der Waals surface area contributed by atoms with Gasteiger partial charge in [0.2, 0.25) is 0 Å². The fourth-order valence-corrected chi connectivity index (χ4v) is 5.49. The zero-order valence-corrected chi connectivity index (χ0v) is 14.6. The van der Waals surface area contributed by atoms with Gasteiger partial charge in [-0.15, -0.1) is 0 Å². The van der Waals surface area contributed by atoms with Crippen molar-refractivity contribution in [3.8, 4) is 0 Å². The Labute approximate surface area is 120 Å². The van der Waals surface area contributed by atoms with E-state index in [-0.39, 0.29) is 16.2 Å². The zero-order valence-electron chi connectivity index (χ0n) is 11.1. The van der Waals surface area contributed by atoms with E-state index in [0.29, 0.717) is 0 Å². The van der Waals surface area contributed by atoms with Gasteiger partial charge in [0.25, 0.3) is 0 Å². The van der Waals surface area contributed by atoms with Crippen LogP contribution in [0.2, 0.25) is 3.71 Å². The van der Waals surface area contributed by atoms with Crippen molar-refractivity contribution < 1.29 is 19.1 Å². The van der Waals surface area contributed by atoms with Crippen LogP contribution in [0, 0.1) is 0 Å². The van der Waals surface area contributed by atoms with Crippen LogP contribution >= 0.6 is 0 Å². The van der Waals surface area contributed by atoms with Crippen molar-refractivity contribution in [1.82, 2.24) is 9.80 Å². The second-order valence-electron chi connectivity index (χ2n) is 3.64. The molecule has 0 aromatic carbocycles. The maximum absolute atomic E-state index is 11.7. The van der Waals surface area contributed by atoms with Crippen LogP contribution in [0.15, 0.2) is 0 Å². The second kappa shape index (κ2) is 8.53. The minimum absolute atomic E-state index is 0.117. The number of amides is 2. The van der Waals surface area contributed by atoms with Gasteiger partial charge in [0.1, 0.15) is 0 Å². The van der Waals surface area contributed by atoms with Gasteiger partial charge in [-0.3, -0.25) is 0 Å². The first-order valence-corrected chi connectivity index (χ1v) is 8.91. The molecule has 0 heterocycles. The third kappa shape index (κ3) is 6.40. The van der Waals surface area contributed by atoms with Crippen LogP contribution in [0.25, 0.3) is 0 Å². The number of nitrogens with zero attached hydrogens (tertiary/aromatic N) is 2.